The number of furan rings is 1. The molecule has 0 fully saturated rings. The van der Waals surface area contributed by atoms with Crippen LogP contribution in [-0.4, -0.2) is 36.8 Å². The van der Waals surface area contributed by atoms with E-state index in [1.54, 1.807) is 50.2 Å². The van der Waals surface area contributed by atoms with Crippen LogP contribution in [0.5, 0.6) is 0 Å². The molecule has 3 aromatic rings. The van der Waals surface area contributed by atoms with Gasteiger partial charge in [0.2, 0.25) is 10.0 Å². The van der Waals surface area contributed by atoms with Gasteiger partial charge in [-0.25, -0.2) is 13.8 Å². The molecular weight excluding hydrogens is 480 g/mol. The van der Waals surface area contributed by atoms with E-state index in [1.807, 2.05) is 38.1 Å². The molecule has 0 bridgehead atoms. The van der Waals surface area contributed by atoms with Crippen molar-refractivity contribution in [2.24, 2.45) is 5.10 Å². The number of carbonyl (C=O) groups is 2. The molecule has 0 saturated carbocycles. The average molecular weight is 511 g/mol. The first-order valence-corrected chi connectivity index (χ1v) is 12.8. The molecule has 1 heterocycles. The number of rotatable bonds is 9. The van der Waals surface area contributed by atoms with Crippen molar-refractivity contribution in [2.75, 3.05) is 0 Å². The summed E-state index contributed by atoms with van der Waals surface area (Å²) in [5.41, 5.74) is 5.01. The number of hydrogen-bond acceptors (Lipinski definition) is 6. The topological polar surface area (TPSA) is 121 Å². The van der Waals surface area contributed by atoms with Crippen molar-refractivity contribution in [3.63, 3.8) is 0 Å². The fourth-order valence-electron chi connectivity index (χ4n) is 3.24. The molecule has 0 aliphatic heterocycles. The Kier molecular flexibility index (Phi) is 8.78. The van der Waals surface area contributed by atoms with Crippen molar-refractivity contribution in [3.05, 3.63) is 88.9 Å². The van der Waals surface area contributed by atoms with Crippen LogP contribution in [0.1, 0.15) is 42.1 Å². The Morgan fingerprint density at radius 2 is 1.53 bits per heavy atom. The highest BCUT2D eigenvalue weighted by Gasteiger charge is 2.26. The van der Waals surface area contributed by atoms with Crippen LogP contribution in [0.25, 0.3) is 0 Å². The summed E-state index contributed by atoms with van der Waals surface area (Å²) in [4.78, 5) is 23.6. The second kappa shape index (κ2) is 11.8. The molecule has 10 heteroatoms. The molecular formula is C26H30N4O5S. The molecule has 0 aliphatic rings. The number of amides is 2. The largest absolute Gasteiger partial charge is 0.459 e. The minimum Gasteiger partial charge on any atom is -0.459 e. The Morgan fingerprint density at radius 1 is 0.917 bits per heavy atom. The summed E-state index contributed by atoms with van der Waals surface area (Å²) in [6.45, 7) is 7.48. The third-order valence-electron chi connectivity index (χ3n) is 5.14. The number of nitrogens with one attached hydrogen (secondary N) is 2. The SMILES string of the molecule is Cc1ccc(CN(Cc2ccc(/C=N/NC(=O)C(=O)NC(C)C)o2)S(=O)(=O)c2ccc(C)cc2)cc1. The van der Waals surface area contributed by atoms with E-state index in [4.69, 9.17) is 4.42 Å². The van der Waals surface area contributed by atoms with E-state index in [9.17, 15) is 18.0 Å². The Morgan fingerprint density at radius 3 is 2.14 bits per heavy atom. The van der Waals surface area contributed by atoms with E-state index in [0.717, 1.165) is 16.7 Å². The van der Waals surface area contributed by atoms with Gasteiger partial charge in [-0.1, -0.05) is 47.5 Å². The summed E-state index contributed by atoms with van der Waals surface area (Å²) in [5.74, 6) is -1.02. The lowest BCUT2D eigenvalue weighted by Crippen LogP contribution is -2.41. The van der Waals surface area contributed by atoms with Gasteiger partial charge in [-0.15, -0.1) is 0 Å². The molecule has 1 aromatic heterocycles. The molecule has 190 valence electrons. The lowest BCUT2D eigenvalue weighted by Gasteiger charge is -2.21. The summed E-state index contributed by atoms with van der Waals surface area (Å²) < 4.78 is 34.0. The molecule has 0 unspecified atom stereocenters. The Bertz CT molecular complexity index is 1330. The van der Waals surface area contributed by atoms with Crippen LogP contribution in [0.4, 0.5) is 0 Å². The molecule has 3 rings (SSSR count). The summed E-state index contributed by atoms with van der Waals surface area (Å²) in [7, 11) is -3.82. The Hall–Kier alpha value is -3.76. The van der Waals surface area contributed by atoms with Crippen molar-refractivity contribution < 1.29 is 22.4 Å². The van der Waals surface area contributed by atoms with E-state index in [1.165, 1.54) is 10.5 Å². The standard InChI is InChI=1S/C26H30N4O5S/c1-18(2)28-25(31)26(32)29-27-15-22-11-12-23(35-22)17-30(16-21-9-5-19(3)6-10-21)36(33,34)24-13-7-20(4)8-14-24/h5-15,18H,16-17H2,1-4H3,(H,28,31)(H,29,32)/b27-15+. The van der Waals surface area contributed by atoms with Crippen LogP contribution in [0.15, 0.2) is 75.1 Å². The smallest absolute Gasteiger partial charge is 0.329 e. The van der Waals surface area contributed by atoms with Gasteiger partial charge in [0.15, 0.2) is 0 Å². The molecule has 0 saturated heterocycles. The van der Waals surface area contributed by atoms with E-state index < -0.39 is 21.8 Å². The first-order chi connectivity index (χ1) is 17.0. The van der Waals surface area contributed by atoms with Gasteiger partial charge in [-0.05, 0) is 57.5 Å². The Balaban J connectivity index is 1.77. The van der Waals surface area contributed by atoms with Crippen LogP contribution in [0.2, 0.25) is 0 Å². The van der Waals surface area contributed by atoms with Crippen molar-refractivity contribution in [1.29, 1.82) is 0 Å². The summed E-state index contributed by atoms with van der Waals surface area (Å²) in [6, 6.07) is 17.4. The van der Waals surface area contributed by atoms with Crippen molar-refractivity contribution in [1.82, 2.24) is 15.0 Å². The zero-order chi connectivity index (χ0) is 26.3. The Labute approximate surface area is 211 Å². The lowest BCUT2D eigenvalue weighted by atomic mass is 10.1. The zero-order valence-corrected chi connectivity index (χ0v) is 21.5. The van der Waals surface area contributed by atoms with Crippen molar-refractivity contribution in [3.8, 4) is 0 Å². The number of carbonyl (C=O) groups excluding carboxylic acids is 2. The van der Waals surface area contributed by atoms with Crippen molar-refractivity contribution >= 4 is 28.1 Å². The van der Waals surface area contributed by atoms with Crippen LogP contribution in [-0.2, 0) is 32.7 Å². The van der Waals surface area contributed by atoms with Gasteiger partial charge in [-0.2, -0.15) is 9.41 Å². The first-order valence-electron chi connectivity index (χ1n) is 11.4. The predicted molar refractivity (Wildman–Crippen MR) is 137 cm³/mol. The minimum absolute atomic E-state index is 0.0128. The van der Waals surface area contributed by atoms with Crippen LogP contribution in [0, 0.1) is 13.8 Å². The molecule has 9 nitrogen and oxygen atoms in total. The van der Waals surface area contributed by atoms with Gasteiger partial charge in [-0.3, -0.25) is 9.59 Å². The molecule has 2 amide bonds. The molecule has 0 radical (unpaired) electrons. The van der Waals surface area contributed by atoms with E-state index in [2.05, 4.69) is 15.8 Å². The maximum atomic E-state index is 13.5. The quantitative estimate of drug-likeness (QED) is 0.260. The number of aryl methyl sites for hydroxylation is 2. The van der Waals surface area contributed by atoms with E-state index in [-0.39, 0.29) is 29.8 Å². The number of sulfonamides is 1. The lowest BCUT2D eigenvalue weighted by molar-refractivity contribution is -0.139. The zero-order valence-electron chi connectivity index (χ0n) is 20.7. The van der Waals surface area contributed by atoms with Gasteiger partial charge < -0.3 is 9.73 Å². The summed E-state index contributed by atoms with van der Waals surface area (Å²) in [5, 5.41) is 6.19. The van der Waals surface area contributed by atoms with E-state index in [0.29, 0.717) is 5.76 Å². The van der Waals surface area contributed by atoms with Gasteiger partial charge >= 0.3 is 11.8 Å². The molecule has 2 N–H and O–H groups in total. The second-order valence-corrected chi connectivity index (χ2v) is 10.6. The van der Waals surface area contributed by atoms with Crippen molar-refractivity contribution in [2.45, 2.75) is 51.7 Å². The molecule has 0 atom stereocenters. The van der Waals surface area contributed by atoms with Crippen LogP contribution in [0.3, 0.4) is 0 Å². The fourth-order valence-corrected chi connectivity index (χ4v) is 4.63. The van der Waals surface area contributed by atoms with Crippen LogP contribution < -0.4 is 10.7 Å². The highest BCUT2D eigenvalue weighted by atomic mass is 32.2. The fraction of sp³-hybridized carbons (Fsp3) is 0.269. The first kappa shape index (κ1) is 26.8. The maximum absolute atomic E-state index is 13.5. The van der Waals surface area contributed by atoms with Gasteiger partial charge in [0.25, 0.3) is 0 Å². The molecule has 36 heavy (non-hydrogen) atoms. The summed E-state index contributed by atoms with van der Waals surface area (Å²) >= 11 is 0. The van der Waals surface area contributed by atoms with E-state index >= 15 is 0 Å². The summed E-state index contributed by atoms with van der Waals surface area (Å²) in [6.07, 6.45) is 1.24. The van der Waals surface area contributed by atoms with Gasteiger partial charge in [0.1, 0.15) is 11.5 Å². The predicted octanol–water partition coefficient (Wildman–Crippen LogP) is 3.26. The highest BCUT2D eigenvalue weighted by Crippen LogP contribution is 2.22. The minimum atomic E-state index is -3.82. The second-order valence-electron chi connectivity index (χ2n) is 8.70. The highest BCUT2D eigenvalue weighted by molar-refractivity contribution is 7.89. The van der Waals surface area contributed by atoms with Crippen LogP contribution >= 0.6 is 0 Å². The number of nitrogens with zero attached hydrogens (tertiary/aromatic N) is 2. The molecule has 0 aliphatic carbocycles. The normalized spacial score (nSPS) is 11.8. The number of benzene rings is 2. The third kappa shape index (κ3) is 7.37. The number of hydrogen-bond donors (Lipinski definition) is 2. The van der Waals surface area contributed by atoms with Gasteiger partial charge in [0.05, 0.1) is 17.7 Å². The average Bonchev–Trinajstić information content (AvgIpc) is 3.27. The van der Waals surface area contributed by atoms with Gasteiger partial charge in [0, 0.05) is 12.6 Å². The monoisotopic (exact) mass is 510 g/mol. The maximum Gasteiger partial charge on any atom is 0.329 e. The number of hydrazone groups is 1. The molecule has 0 spiro atoms. The third-order valence-corrected chi connectivity index (χ3v) is 6.94. The molecule has 2 aromatic carbocycles.